The summed E-state index contributed by atoms with van der Waals surface area (Å²) in [5.41, 5.74) is 1.68. The van der Waals surface area contributed by atoms with E-state index < -0.39 is 21.0 Å². The molecule has 0 saturated heterocycles. The van der Waals surface area contributed by atoms with E-state index in [0.29, 0.717) is 5.69 Å². The van der Waals surface area contributed by atoms with Crippen molar-refractivity contribution in [2.75, 3.05) is 11.1 Å². The Labute approximate surface area is 115 Å². The third kappa shape index (κ3) is 3.80. The number of hydrogen-bond donors (Lipinski definition) is 1. The lowest BCUT2D eigenvalue weighted by molar-refractivity contribution is -0.115. The highest BCUT2D eigenvalue weighted by atomic mass is 32.2. The van der Waals surface area contributed by atoms with Crippen LogP contribution in [0.2, 0.25) is 0 Å². The predicted molar refractivity (Wildman–Crippen MR) is 78.1 cm³/mol. The lowest BCUT2D eigenvalue weighted by Gasteiger charge is -2.16. The number of anilines is 1. The Balaban J connectivity index is 2.95. The Bertz CT molecular complexity index is 550. The van der Waals surface area contributed by atoms with Gasteiger partial charge < -0.3 is 5.32 Å². The van der Waals surface area contributed by atoms with Crippen LogP contribution < -0.4 is 5.32 Å². The lowest BCUT2D eigenvalue weighted by atomic mass is 10.0. The molecule has 0 spiro atoms. The smallest absolute Gasteiger partial charge is 0.242 e. The van der Waals surface area contributed by atoms with Crippen molar-refractivity contribution in [3.8, 4) is 0 Å². The molecule has 19 heavy (non-hydrogen) atoms. The fraction of sp³-hybridized carbons (Fsp3) is 0.500. The van der Waals surface area contributed by atoms with Crippen LogP contribution in [0.4, 0.5) is 5.69 Å². The zero-order valence-corrected chi connectivity index (χ0v) is 12.6. The molecule has 0 radical (unpaired) electrons. The van der Waals surface area contributed by atoms with E-state index in [2.05, 4.69) is 5.32 Å². The van der Waals surface area contributed by atoms with E-state index in [4.69, 9.17) is 0 Å². The summed E-state index contributed by atoms with van der Waals surface area (Å²) >= 11 is 0. The van der Waals surface area contributed by atoms with Gasteiger partial charge in [-0.1, -0.05) is 39.0 Å². The standard InChI is InChI=1S/C14H21NO3S/c1-5-19(17,18)11(4)14(16)15-13-9-7-6-8-12(13)10(2)3/h6-11H,5H2,1-4H3,(H,15,16)/t11-/m0/s1. The van der Waals surface area contributed by atoms with Gasteiger partial charge in [-0.05, 0) is 24.5 Å². The van der Waals surface area contributed by atoms with E-state index in [1.165, 1.54) is 6.92 Å². The van der Waals surface area contributed by atoms with Crippen molar-refractivity contribution in [1.82, 2.24) is 0 Å². The van der Waals surface area contributed by atoms with Crippen LogP contribution in [-0.4, -0.2) is 25.3 Å². The van der Waals surface area contributed by atoms with Crippen molar-refractivity contribution in [2.45, 2.75) is 38.9 Å². The summed E-state index contributed by atoms with van der Waals surface area (Å²) in [6.45, 7) is 7.02. The average Bonchev–Trinajstić information content (AvgIpc) is 2.38. The van der Waals surface area contributed by atoms with Gasteiger partial charge in [0, 0.05) is 11.4 Å². The first-order chi connectivity index (χ1) is 8.79. The van der Waals surface area contributed by atoms with Crippen LogP contribution in [0.5, 0.6) is 0 Å². The Kier molecular flexibility index (Phi) is 5.11. The molecule has 0 aromatic heterocycles. The molecule has 106 valence electrons. The second kappa shape index (κ2) is 6.19. The molecule has 0 aliphatic carbocycles. The highest BCUT2D eigenvalue weighted by molar-refractivity contribution is 7.92. The maximum absolute atomic E-state index is 12.0. The summed E-state index contributed by atoms with van der Waals surface area (Å²) in [5, 5.41) is 1.68. The second-order valence-electron chi connectivity index (χ2n) is 4.82. The Morgan fingerprint density at radius 2 is 1.79 bits per heavy atom. The van der Waals surface area contributed by atoms with Crippen LogP contribution in [0.1, 0.15) is 39.2 Å². The normalized spacial score (nSPS) is 13.3. The van der Waals surface area contributed by atoms with Crippen molar-refractivity contribution in [2.24, 2.45) is 0 Å². The molecule has 0 saturated carbocycles. The number of rotatable bonds is 5. The van der Waals surface area contributed by atoms with E-state index in [1.807, 2.05) is 32.0 Å². The molecule has 0 fully saturated rings. The van der Waals surface area contributed by atoms with Gasteiger partial charge in [0.05, 0.1) is 0 Å². The fourth-order valence-electron chi connectivity index (χ4n) is 1.76. The number of sulfone groups is 1. The van der Waals surface area contributed by atoms with E-state index >= 15 is 0 Å². The highest BCUT2D eigenvalue weighted by Crippen LogP contribution is 2.24. The molecule has 0 aliphatic heterocycles. The Morgan fingerprint density at radius 3 is 2.32 bits per heavy atom. The first-order valence-corrected chi connectivity index (χ1v) is 8.12. The quantitative estimate of drug-likeness (QED) is 0.903. The molecule has 0 heterocycles. The summed E-state index contributed by atoms with van der Waals surface area (Å²) in [6.07, 6.45) is 0. The molecule has 4 nitrogen and oxygen atoms in total. The molecule has 1 aromatic carbocycles. The average molecular weight is 283 g/mol. The number of para-hydroxylation sites is 1. The maximum Gasteiger partial charge on any atom is 0.242 e. The van der Waals surface area contributed by atoms with Crippen molar-refractivity contribution in [3.05, 3.63) is 29.8 Å². The number of carbonyl (C=O) groups excluding carboxylic acids is 1. The monoisotopic (exact) mass is 283 g/mol. The Hall–Kier alpha value is -1.36. The van der Waals surface area contributed by atoms with Gasteiger partial charge in [-0.3, -0.25) is 4.79 Å². The molecule has 0 unspecified atom stereocenters. The van der Waals surface area contributed by atoms with Gasteiger partial charge in [-0.2, -0.15) is 0 Å². The minimum Gasteiger partial charge on any atom is -0.325 e. The zero-order valence-electron chi connectivity index (χ0n) is 11.8. The molecule has 0 bridgehead atoms. The van der Waals surface area contributed by atoms with Crippen LogP contribution in [0, 0.1) is 0 Å². The van der Waals surface area contributed by atoms with Gasteiger partial charge in [0.1, 0.15) is 5.25 Å². The van der Waals surface area contributed by atoms with Crippen molar-refractivity contribution in [3.63, 3.8) is 0 Å². The highest BCUT2D eigenvalue weighted by Gasteiger charge is 2.26. The number of carbonyl (C=O) groups is 1. The summed E-state index contributed by atoms with van der Waals surface area (Å²) in [6, 6.07) is 7.44. The van der Waals surface area contributed by atoms with Gasteiger partial charge in [0.15, 0.2) is 9.84 Å². The Morgan fingerprint density at radius 1 is 1.21 bits per heavy atom. The fourth-order valence-corrected chi connectivity index (χ4v) is 2.65. The van der Waals surface area contributed by atoms with Crippen molar-refractivity contribution < 1.29 is 13.2 Å². The van der Waals surface area contributed by atoms with Gasteiger partial charge in [0.2, 0.25) is 5.91 Å². The van der Waals surface area contributed by atoms with Crippen LogP contribution in [0.25, 0.3) is 0 Å². The molecule has 1 aromatic rings. The first-order valence-electron chi connectivity index (χ1n) is 6.41. The molecule has 0 aliphatic rings. The summed E-state index contributed by atoms with van der Waals surface area (Å²) in [7, 11) is -3.36. The molecule has 5 heteroatoms. The van der Waals surface area contributed by atoms with E-state index in [9.17, 15) is 13.2 Å². The summed E-state index contributed by atoms with van der Waals surface area (Å²) in [5.74, 6) is -0.252. The minimum atomic E-state index is -3.36. The molecular formula is C14H21NO3S. The molecule has 1 N–H and O–H groups in total. The predicted octanol–water partition coefficient (Wildman–Crippen LogP) is 2.57. The van der Waals surface area contributed by atoms with Gasteiger partial charge in [-0.15, -0.1) is 0 Å². The van der Waals surface area contributed by atoms with E-state index in [-0.39, 0.29) is 11.7 Å². The first kappa shape index (κ1) is 15.7. The van der Waals surface area contributed by atoms with E-state index in [0.717, 1.165) is 5.56 Å². The summed E-state index contributed by atoms with van der Waals surface area (Å²) < 4.78 is 23.4. The third-order valence-corrected chi connectivity index (χ3v) is 5.25. The van der Waals surface area contributed by atoms with Gasteiger partial charge in [-0.25, -0.2) is 8.42 Å². The van der Waals surface area contributed by atoms with Crippen molar-refractivity contribution in [1.29, 1.82) is 0 Å². The number of hydrogen-bond acceptors (Lipinski definition) is 3. The van der Waals surface area contributed by atoms with Gasteiger partial charge in [0.25, 0.3) is 0 Å². The second-order valence-corrected chi connectivity index (χ2v) is 7.44. The topological polar surface area (TPSA) is 63.2 Å². The number of benzene rings is 1. The molecule has 1 amide bonds. The van der Waals surface area contributed by atoms with Crippen LogP contribution >= 0.6 is 0 Å². The number of amides is 1. The largest absolute Gasteiger partial charge is 0.325 e. The minimum absolute atomic E-state index is 0.0343. The number of nitrogens with one attached hydrogen (secondary N) is 1. The zero-order chi connectivity index (χ0) is 14.6. The lowest BCUT2D eigenvalue weighted by Crippen LogP contribution is -2.33. The summed E-state index contributed by atoms with van der Waals surface area (Å²) in [4.78, 5) is 12.0. The van der Waals surface area contributed by atoms with Gasteiger partial charge >= 0.3 is 0 Å². The van der Waals surface area contributed by atoms with Crippen molar-refractivity contribution >= 4 is 21.4 Å². The molecule has 1 atom stereocenters. The van der Waals surface area contributed by atoms with Crippen LogP contribution in [0.3, 0.4) is 0 Å². The molecular weight excluding hydrogens is 262 g/mol. The molecule has 1 rings (SSSR count). The van der Waals surface area contributed by atoms with Crippen LogP contribution in [0.15, 0.2) is 24.3 Å². The van der Waals surface area contributed by atoms with Crippen LogP contribution in [-0.2, 0) is 14.6 Å². The maximum atomic E-state index is 12.0. The van der Waals surface area contributed by atoms with E-state index in [1.54, 1.807) is 13.0 Å². The SMILES string of the molecule is CCS(=O)(=O)[C@@H](C)C(=O)Nc1ccccc1C(C)C. The third-order valence-electron chi connectivity index (χ3n) is 3.15.